The van der Waals surface area contributed by atoms with Gasteiger partial charge in [0, 0.05) is 30.2 Å². The number of aromatic nitrogens is 2. The minimum Gasteiger partial charge on any atom is -0.476 e. The lowest BCUT2D eigenvalue weighted by molar-refractivity contribution is 0.0690. The number of benzene rings is 3. The van der Waals surface area contributed by atoms with E-state index in [4.69, 9.17) is 9.15 Å². The van der Waals surface area contributed by atoms with Crippen LogP contribution >= 0.6 is 0 Å². The van der Waals surface area contributed by atoms with Gasteiger partial charge < -0.3 is 19.2 Å². The van der Waals surface area contributed by atoms with Crippen LogP contribution in [0.1, 0.15) is 27.5 Å². The van der Waals surface area contributed by atoms with Gasteiger partial charge in [-0.05, 0) is 47.9 Å². The fourth-order valence-electron chi connectivity index (χ4n) is 4.09. The summed E-state index contributed by atoms with van der Waals surface area (Å²) in [5.41, 5.74) is 3.32. The Morgan fingerprint density at radius 2 is 1.77 bits per heavy atom. The Bertz CT molecular complexity index is 1420. The first-order valence-corrected chi connectivity index (χ1v) is 11.4. The van der Waals surface area contributed by atoms with Gasteiger partial charge >= 0.3 is 5.97 Å². The molecule has 0 aliphatic heterocycles. The number of para-hydroxylation sites is 2. The van der Waals surface area contributed by atoms with Crippen molar-refractivity contribution < 1.29 is 19.1 Å². The summed E-state index contributed by atoms with van der Waals surface area (Å²) in [5.74, 6) is 0.811. The van der Waals surface area contributed by atoms with Gasteiger partial charge in [-0.2, -0.15) is 0 Å². The van der Waals surface area contributed by atoms with Gasteiger partial charge in [0.2, 0.25) is 5.89 Å². The third-order valence-electron chi connectivity index (χ3n) is 5.79. The zero-order valence-corrected chi connectivity index (χ0v) is 19.1. The summed E-state index contributed by atoms with van der Waals surface area (Å²) in [6, 6.07) is 25.9. The van der Waals surface area contributed by atoms with Crippen LogP contribution in [0.2, 0.25) is 0 Å². The Morgan fingerprint density at radius 1 is 0.971 bits per heavy atom. The Hall–Kier alpha value is -4.36. The van der Waals surface area contributed by atoms with Crippen LogP contribution in [-0.2, 0) is 19.5 Å². The number of hydrogen-bond acceptors (Lipinski definition) is 5. The van der Waals surface area contributed by atoms with Crippen molar-refractivity contribution in [2.24, 2.45) is 0 Å². The summed E-state index contributed by atoms with van der Waals surface area (Å²) >= 11 is 0. The number of hydrogen-bond donors (Lipinski definition) is 2. The first-order valence-electron chi connectivity index (χ1n) is 11.4. The molecule has 0 fully saturated rings. The van der Waals surface area contributed by atoms with E-state index in [0.29, 0.717) is 19.0 Å². The number of carboxylic acids is 1. The highest BCUT2D eigenvalue weighted by atomic mass is 16.5. The van der Waals surface area contributed by atoms with Gasteiger partial charge in [0.15, 0.2) is 5.69 Å². The molecule has 0 amide bonds. The monoisotopic (exact) mass is 467 g/mol. The zero-order chi connectivity index (χ0) is 24.0. The second kappa shape index (κ2) is 10.3. The number of ether oxygens (including phenoxy) is 1. The third-order valence-corrected chi connectivity index (χ3v) is 5.79. The van der Waals surface area contributed by atoms with Gasteiger partial charge in [-0.1, -0.05) is 48.5 Å². The summed E-state index contributed by atoms with van der Waals surface area (Å²) in [7, 11) is 0. The number of fused-ring (bicyclic) bond motifs is 1. The first-order chi connectivity index (χ1) is 17.1. The second-order valence-corrected chi connectivity index (χ2v) is 8.31. The van der Waals surface area contributed by atoms with Crippen LogP contribution in [0.15, 0.2) is 95.7 Å². The van der Waals surface area contributed by atoms with Gasteiger partial charge in [0.25, 0.3) is 0 Å². The molecule has 7 heteroatoms. The molecule has 0 unspecified atom stereocenters. The molecular formula is C28H25N3O4. The van der Waals surface area contributed by atoms with Gasteiger partial charge in [-0.15, -0.1) is 0 Å². The van der Waals surface area contributed by atoms with Gasteiger partial charge in [-0.3, -0.25) is 4.90 Å². The van der Waals surface area contributed by atoms with E-state index >= 15 is 0 Å². The maximum atomic E-state index is 11.2. The number of carbonyl (C=O) groups is 1. The SMILES string of the molecule is O=C(O)c1coc(CN(CCc2c[nH]c3ccccc23)Cc2cccc(Oc3ccccc3)c2)n1. The summed E-state index contributed by atoms with van der Waals surface area (Å²) < 4.78 is 11.4. The molecule has 0 saturated heterocycles. The molecule has 0 bridgehead atoms. The molecule has 5 rings (SSSR count). The highest BCUT2D eigenvalue weighted by Gasteiger charge is 2.16. The zero-order valence-electron chi connectivity index (χ0n) is 19.1. The Morgan fingerprint density at radius 3 is 2.60 bits per heavy atom. The van der Waals surface area contributed by atoms with E-state index in [1.165, 1.54) is 17.2 Å². The highest BCUT2D eigenvalue weighted by Crippen LogP contribution is 2.24. The van der Waals surface area contributed by atoms with Crippen molar-refractivity contribution in [2.45, 2.75) is 19.5 Å². The lowest BCUT2D eigenvalue weighted by atomic mass is 10.1. The van der Waals surface area contributed by atoms with Crippen LogP contribution < -0.4 is 4.74 Å². The predicted molar refractivity (Wildman–Crippen MR) is 133 cm³/mol. The van der Waals surface area contributed by atoms with Crippen LogP contribution in [-0.4, -0.2) is 32.5 Å². The summed E-state index contributed by atoms with van der Waals surface area (Å²) in [6.07, 6.45) is 4.05. The number of rotatable bonds is 10. The largest absolute Gasteiger partial charge is 0.476 e. The number of aromatic amines is 1. The smallest absolute Gasteiger partial charge is 0.357 e. The van der Waals surface area contributed by atoms with E-state index < -0.39 is 5.97 Å². The molecule has 2 N–H and O–H groups in total. The van der Waals surface area contributed by atoms with Crippen molar-refractivity contribution in [1.29, 1.82) is 0 Å². The van der Waals surface area contributed by atoms with E-state index in [1.807, 2.05) is 66.9 Å². The number of aromatic carboxylic acids is 1. The third kappa shape index (κ3) is 5.59. The van der Waals surface area contributed by atoms with Crippen molar-refractivity contribution in [2.75, 3.05) is 6.54 Å². The van der Waals surface area contributed by atoms with Crippen LogP contribution in [0.3, 0.4) is 0 Å². The average Bonchev–Trinajstić information content (AvgIpc) is 3.51. The lowest BCUT2D eigenvalue weighted by Gasteiger charge is -2.21. The summed E-state index contributed by atoms with van der Waals surface area (Å²) in [5, 5.41) is 10.4. The standard InChI is InChI=1S/C28H25N3O4/c32-28(33)26-19-34-27(30-26)18-31(14-13-21-16-29-25-12-5-4-11-24(21)25)17-20-7-6-10-23(15-20)35-22-8-2-1-3-9-22/h1-12,15-16,19,29H,13-14,17-18H2,(H,32,33). The number of H-pyrrole nitrogens is 1. The summed E-state index contributed by atoms with van der Waals surface area (Å²) in [6.45, 7) is 1.74. The molecule has 7 nitrogen and oxygen atoms in total. The average molecular weight is 468 g/mol. The van der Waals surface area contributed by atoms with Crippen LogP contribution in [0, 0.1) is 0 Å². The molecule has 0 aliphatic carbocycles. The van der Waals surface area contributed by atoms with Gasteiger partial charge in [0.1, 0.15) is 17.8 Å². The molecule has 0 atom stereocenters. The Labute approximate surface area is 202 Å². The molecule has 0 aliphatic rings. The topological polar surface area (TPSA) is 91.6 Å². The van der Waals surface area contributed by atoms with Crippen LogP contribution in [0.25, 0.3) is 10.9 Å². The Balaban J connectivity index is 1.34. The molecule has 3 aromatic carbocycles. The van der Waals surface area contributed by atoms with Gasteiger partial charge in [-0.25, -0.2) is 9.78 Å². The minimum atomic E-state index is -1.10. The molecule has 0 spiro atoms. The van der Waals surface area contributed by atoms with Crippen molar-refractivity contribution >= 4 is 16.9 Å². The van der Waals surface area contributed by atoms with Crippen LogP contribution in [0.5, 0.6) is 11.5 Å². The molecule has 2 aromatic heterocycles. The van der Waals surface area contributed by atoms with E-state index in [9.17, 15) is 9.90 Å². The minimum absolute atomic E-state index is 0.0881. The van der Waals surface area contributed by atoms with Gasteiger partial charge in [0.05, 0.1) is 6.54 Å². The van der Waals surface area contributed by atoms with E-state index in [-0.39, 0.29) is 5.69 Å². The maximum Gasteiger partial charge on any atom is 0.357 e. The fraction of sp³-hybridized carbons (Fsp3) is 0.143. The molecule has 0 saturated carbocycles. The van der Waals surface area contributed by atoms with E-state index in [1.54, 1.807) is 0 Å². The fourth-order valence-corrected chi connectivity index (χ4v) is 4.09. The Kier molecular flexibility index (Phi) is 6.59. The molecule has 2 heterocycles. The highest BCUT2D eigenvalue weighted by molar-refractivity contribution is 5.84. The lowest BCUT2D eigenvalue weighted by Crippen LogP contribution is -2.25. The van der Waals surface area contributed by atoms with Crippen molar-refractivity contribution in [3.8, 4) is 11.5 Å². The normalized spacial score (nSPS) is 11.2. The quantitative estimate of drug-likeness (QED) is 0.266. The number of oxazole rings is 1. The molecule has 35 heavy (non-hydrogen) atoms. The van der Waals surface area contributed by atoms with E-state index in [2.05, 4.69) is 33.1 Å². The van der Waals surface area contributed by atoms with Crippen molar-refractivity contribution in [1.82, 2.24) is 14.9 Å². The number of nitrogens with zero attached hydrogens (tertiary/aromatic N) is 2. The first kappa shape index (κ1) is 22.4. The molecule has 176 valence electrons. The van der Waals surface area contributed by atoms with Crippen molar-refractivity contribution in [3.63, 3.8) is 0 Å². The second-order valence-electron chi connectivity index (χ2n) is 8.31. The van der Waals surface area contributed by atoms with Crippen molar-refractivity contribution in [3.05, 3.63) is 114 Å². The summed E-state index contributed by atoms with van der Waals surface area (Å²) in [4.78, 5) is 20.9. The number of carboxylic acid groups (broad SMARTS) is 1. The van der Waals surface area contributed by atoms with E-state index in [0.717, 1.165) is 35.5 Å². The molecular weight excluding hydrogens is 442 g/mol. The molecule has 0 radical (unpaired) electrons. The maximum absolute atomic E-state index is 11.2. The molecule has 5 aromatic rings. The predicted octanol–water partition coefficient (Wildman–Crippen LogP) is 5.89. The number of nitrogens with one attached hydrogen (secondary N) is 1. The van der Waals surface area contributed by atoms with Crippen LogP contribution in [0.4, 0.5) is 0 Å².